The number of para-hydroxylation sites is 1. The number of hydrogen-bond donors (Lipinski definition) is 1. The smallest absolute Gasteiger partial charge is 0.304 e. The highest BCUT2D eigenvalue weighted by atomic mass is 16.5. The second-order valence-corrected chi connectivity index (χ2v) is 5.34. The SMILES string of the molecule is COc1ccc(COc2ccccc2C(C=O)CC(=O)O)c(OC)c1. The van der Waals surface area contributed by atoms with Crippen molar-refractivity contribution in [2.45, 2.75) is 18.9 Å². The second-order valence-electron chi connectivity index (χ2n) is 5.34. The molecule has 2 aromatic rings. The van der Waals surface area contributed by atoms with Gasteiger partial charge in [0, 0.05) is 17.2 Å². The van der Waals surface area contributed by atoms with Crippen LogP contribution >= 0.6 is 0 Å². The van der Waals surface area contributed by atoms with Crippen molar-refractivity contribution >= 4 is 12.3 Å². The summed E-state index contributed by atoms with van der Waals surface area (Å²) in [6, 6.07) is 12.3. The lowest BCUT2D eigenvalue weighted by Gasteiger charge is -2.16. The van der Waals surface area contributed by atoms with E-state index in [0.29, 0.717) is 29.1 Å². The van der Waals surface area contributed by atoms with E-state index in [2.05, 4.69) is 0 Å². The molecular weight excluding hydrogens is 324 g/mol. The van der Waals surface area contributed by atoms with E-state index < -0.39 is 11.9 Å². The summed E-state index contributed by atoms with van der Waals surface area (Å²) in [7, 11) is 3.13. The number of carbonyl (C=O) groups excluding carboxylic acids is 1. The summed E-state index contributed by atoms with van der Waals surface area (Å²) in [5.41, 5.74) is 1.35. The highest BCUT2D eigenvalue weighted by Gasteiger charge is 2.19. The van der Waals surface area contributed by atoms with Crippen molar-refractivity contribution < 1.29 is 28.9 Å². The average molecular weight is 344 g/mol. The maximum absolute atomic E-state index is 11.3. The van der Waals surface area contributed by atoms with E-state index in [9.17, 15) is 9.59 Å². The van der Waals surface area contributed by atoms with Gasteiger partial charge in [-0.15, -0.1) is 0 Å². The number of hydrogen-bond acceptors (Lipinski definition) is 5. The Morgan fingerprint density at radius 3 is 2.52 bits per heavy atom. The zero-order valence-electron chi connectivity index (χ0n) is 14.1. The highest BCUT2D eigenvalue weighted by Crippen LogP contribution is 2.30. The average Bonchev–Trinajstić information content (AvgIpc) is 2.64. The number of carboxylic acid groups (broad SMARTS) is 1. The molecule has 0 aliphatic heterocycles. The number of aliphatic carboxylic acids is 1. The van der Waals surface area contributed by atoms with Gasteiger partial charge in [-0.05, 0) is 18.2 Å². The van der Waals surface area contributed by atoms with Crippen LogP contribution in [0, 0.1) is 0 Å². The first-order valence-electron chi connectivity index (χ1n) is 7.68. The van der Waals surface area contributed by atoms with Gasteiger partial charge in [0.15, 0.2) is 0 Å². The van der Waals surface area contributed by atoms with Crippen molar-refractivity contribution in [2.24, 2.45) is 0 Å². The standard InChI is InChI=1S/C19H20O6/c1-23-15-8-7-13(18(10-15)24-2)12-25-17-6-4-3-5-16(17)14(11-20)9-19(21)22/h3-8,10-11,14H,9,12H2,1-2H3,(H,21,22). The van der Waals surface area contributed by atoms with Gasteiger partial charge in [0.1, 0.15) is 30.1 Å². The quantitative estimate of drug-likeness (QED) is 0.704. The third-order valence-electron chi connectivity index (χ3n) is 3.75. The molecule has 1 atom stereocenters. The topological polar surface area (TPSA) is 82.1 Å². The summed E-state index contributed by atoms with van der Waals surface area (Å²) in [6.45, 7) is 0.211. The molecule has 6 heteroatoms. The molecule has 1 unspecified atom stereocenters. The monoisotopic (exact) mass is 344 g/mol. The van der Waals surface area contributed by atoms with Crippen LogP contribution in [0.3, 0.4) is 0 Å². The molecule has 0 heterocycles. The van der Waals surface area contributed by atoms with E-state index in [1.54, 1.807) is 50.6 Å². The first kappa shape index (κ1) is 18.3. The molecule has 0 fully saturated rings. The van der Waals surface area contributed by atoms with Crippen LogP contribution in [-0.4, -0.2) is 31.6 Å². The second kappa shape index (κ2) is 8.73. The van der Waals surface area contributed by atoms with E-state index in [1.165, 1.54) is 0 Å². The summed E-state index contributed by atoms with van der Waals surface area (Å²) >= 11 is 0. The van der Waals surface area contributed by atoms with Crippen LogP contribution in [0.1, 0.15) is 23.5 Å². The van der Waals surface area contributed by atoms with Crippen molar-refractivity contribution in [1.82, 2.24) is 0 Å². The fourth-order valence-corrected chi connectivity index (χ4v) is 2.46. The van der Waals surface area contributed by atoms with Crippen LogP contribution in [0.15, 0.2) is 42.5 Å². The summed E-state index contributed by atoms with van der Waals surface area (Å²) in [4.78, 5) is 22.2. The van der Waals surface area contributed by atoms with Crippen LogP contribution in [0.5, 0.6) is 17.2 Å². The molecule has 0 saturated carbocycles. The lowest BCUT2D eigenvalue weighted by Crippen LogP contribution is -2.09. The van der Waals surface area contributed by atoms with Gasteiger partial charge in [0.05, 0.1) is 26.6 Å². The third-order valence-corrected chi connectivity index (χ3v) is 3.75. The molecule has 6 nitrogen and oxygen atoms in total. The third kappa shape index (κ3) is 4.73. The molecule has 0 amide bonds. The van der Waals surface area contributed by atoms with Crippen LogP contribution in [0.2, 0.25) is 0 Å². The minimum atomic E-state index is -1.04. The zero-order valence-corrected chi connectivity index (χ0v) is 14.1. The minimum Gasteiger partial charge on any atom is -0.497 e. The number of benzene rings is 2. The minimum absolute atomic E-state index is 0.211. The van der Waals surface area contributed by atoms with Gasteiger partial charge in [0.2, 0.25) is 0 Å². The molecule has 132 valence electrons. The maximum Gasteiger partial charge on any atom is 0.304 e. The van der Waals surface area contributed by atoms with Crippen LogP contribution < -0.4 is 14.2 Å². The largest absolute Gasteiger partial charge is 0.497 e. The van der Waals surface area contributed by atoms with Crippen LogP contribution in [-0.2, 0) is 16.2 Å². The van der Waals surface area contributed by atoms with Crippen molar-refractivity contribution in [3.63, 3.8) is 0 Å². The van der Waals surface area contributed by atoms with Gasteiger partial charge < -0.3 is 24.1 Å². The summed E-state index contributed by atoms with van der Waals surface area (Å²) in [5.74, 6) is -0.0355. The first-order chi connectivity index (χ1) is 12.1. The van der Waals surface area contributed by atoms with E-state index >= 15 is 0 Å². The summed E-state index contributed by atoms with van der Waals surface area (Å²) in [6.07, 6.45) is 0.347. The van der Waals surface area contributed by atoms with Crippen molar-refractivity contribution in [2.75, 3.05) is 14.2 Å². The molecule has 2 rings (SSSR count). The van der Waals surface area contributed by atoms with E-state index in [1.807, 2.05) is 6.07 Å². The normalized spacial score (nSPS) is 11.4. The molecule has 2 aromatic carbocycles. The highest BCUT2D eigenvalue weighted by molar-refractivity contribution is 5.76. The van der Waals surface area contributed by atoms with E-state index in [-0.39, 0.29) is 13.0 Å². The Morgan fingerprint density at radius 1 is 1.12 bits per heavy atom. The van der Waals surface area contributed by atoms with Gasteiger partial charge in [0.25, 0.3) is 0 Å². The first-order valence-corrected chi connectivity index (χ1v) is 7.68. The maximum atomic E-state index is 11.3. The Bertz CT molecular complexity index is 740. The molecular formula is C19H20O6. The molecule has 0 saturated heterocycles. The molecule has 0 aromatic heterocycles. The number of carboxylic acids is 1. The Hall–Kier alpha value is -3.02. The lowest BCUT2D eigenvalue weighted by molar-refractivity contribution is -0.138. The summed E-state index contributed by atoms with van der Waals surface area (Å²) < 4.78 is 16.3. The van der Waals surface area contributed by atoms with Crippen LogP contribution in [0.4, 0.5) is 0 Å². The molecule has 0 aliphatic carbocycles. The molecule has 25 heavy (non-hydrogen) atoms. The number of rotatable bonds is 9. The summed E-state index contributed by atoms with van der Waals surface area (Å²) in [5, 5.41) is 8.96. The fourth-order valence-electron chi connectivity index (χ4n) is 2.46. The van der Waals surface area contributed by atoms with Gasteiger partial charge in [-0.1, -0.05) is 18.2 Å². The lowest BCUT2D eigenvalue weighted by atomic mass is 9.96. The van der Waals surface area contributed by atoms with Crippen LogP contribution in [0.25, 0.3) is 0 Å². The molecule has 1 N–H and O–H groups in total. The Balaban J connectivity index is 2.21. The zero-order chi connectivity index (χ0) is 18.2. The molecule has 0 spiro atoms. The van der Waals surface area contributed by atoms with Gasteiger partial charge >= 0.3 is 5.97 Å². The Labute approximate surface area is 146 Å². The van der Waals surface area contributed by atoms with E-state index in [0.717, 1.165) is 5.56 Å². The number of methoxy groups -OCH3 is 2. The molecule has 0 aliphatic rings. The Morgan fingerprint density at radius 2 is 1.88 bits per heavy atom. The fraction of sp³-hybridized carbons (Fsp3) is 0.263. The molecule has 0 bridgehead atoms. The number of aldehydes is 1. The van der Waals surface area contributed by atoms with Crippen molar-refractivity contribution in [3.05, 3.63) is 53.6 Å². The predicted octanol–water partition coefficient (Wildman–Crippen LogP) is 3.04. The van der Waals surface area contributed by atoms with Crippen molar-refractivity contribution in [3.8, 4) is 17.2 Å². The predicted molar refractivity (Wildman–Crippen MR) is 91.4 cm³/mol. The number of carbonyl (C=O) groups is 2. The van der Waals surface area contributed by atoms with Gasteiger partial charge in [-0.3, -0.25) is 4.79 Å². The van der Waals surface area contributed by atoms with Crippen molar-refractivity contribution in [1.29, 1.82) is 0 Å². The van der Waals surface area contributed by atoms with E-state index in [4.69, 9.17) is 19.3 Å². The number of ether oxygens (including phenoxy) is 3. The van der Waals surface area contributed by atoms with Gasteiger partial charge in [-0.25, -0.2) is 0 Å². The molecule has 0 radical (unpaired) electrons. The Kier molecular flexibility index (Phi) is 6.39. The van der Waals surface area contributed by atoms with Gasteiger partial charge in [-0.2, -0.15) is 0 Å².